The zero-order valence-corrected chi connectivity index (χ0v) is 14.8. The van der Waals surface area contributed by atoms with E-state index in [9.17, 15) is 17.1 Å². The van der Waals surface area contributed by atoms with Crippen LogP contribution in [0.2, 0.25) is 0 Å². The fourth-order valence-corrected chi connectivity index (χ4v) is 3.96. The normalized spacial score (nSPS) is 13.8. The second kappa shape index (κ2) is 7.36. The van der Waals surface area contributed by atoms with Crippen LogP contribution in [0, 0.1) is 0 Å². The lowest BCUT2D eigenvalue weighted by molar-refractivity contribution is 0.251. The molecular weight excluding hydrogens is 369 g/mol. The zero-order valence-electron chi connectivity index (χ0n) is 13.1. The Morgan fingerprint density at radius 2 is 1.96 bits per heavy atom. The van der Waals surface area contributed by atoms with Crippen LogP contribution in [0.1, 0.15) is 28.4 Å². The smallest absolute Gasteiger partial charge is 0.358 e. The molecule has 134 valence electrons. The predicted molar refractivity (Wildman–Crippen MR) is 91.7 cm³/mol. The maximum absolute atomic E-state index is 12.4. The number of carbonyl (C=O) groups excluding carboxylic acids is 1. The maximum Gasteiger partial charge on any atom is 0.488 e. The van der Waals surface area contributed by atoms with E-state index in [0.717, 1.165) is 30.0 Å². The van der Waals surface area contributed by atoms with Crippen LogP contribution in [0.3, 0.4) is 0 Å². The van der Waals surface area contributed by atoms with Crippen LogP contribution in [0.25, 0.3) is 0 Å². The molecule has 1 aliphatic carbocycles. The van der Waals surface area contributed by atoms with Crippen molar-refractivity contribution in [2.24, 2.45) is 0 Å². The van der Waals surface area contributed by atoms with Crippen LogP contribution in [-0.2, 0) is 29.9 Å². The molecule has 1 aromatic carbocycles. The number of aromatic nitrogens is 1. The van der Waals surface area contributed by atoms with Crippen LogP contribution >= 0.6 is 11.3 Å². The third kappa shape index (κ3) is 5.13. The lowest BCUT2D eigenvalue weighted by Crippen LogP contribution is -2.28. The fraction of sp³-hybridized carbons (Fsp3) is 0.333. The highest BCUT2D eigenvalue weighted by molar-refractivity contribution is 7.81. The van der Waals surface area contributed by atoms with Gasteiger partial charge in [0.25, 0.3) is 0 Å². The van der Waals surface area contributed by atoms with Crippen molar-refractivity contribution in [2.75, 3.05) is 5.32 Å². The van der Waals surface area contributed by atoms with Crippen LogP contribution in [0.4, 0.5) is 14.4 Å². The lowest BCUT2D eigenvalue weighted by Gasteiger charge is -2.07. The van der Waals surface area contributed by atoms with Crippen molar-refractivity contribution in [2.45, 2.75) is 32.2 Å². The van der Waals surface area contributed by atoms with E-state index in [0.29, 0.717) is 12.2 Å². The summed E-state index contributed by atoms with van der Waals surface area (Å²) in [6, 6.07) is 4.87. The molecule has 25 heavy (non-hydrogen) atoms. The summed E-state index contributed by atoms with van der Waals surface area (Å²) in [5.74, 6) is -0.179. The minimum absolute atomic E-state index is 0.179. The van der Waals surface area contributed by atoms with Crippen molar-refractivity contribution in [3.63, 3.8) is 0 Å². The van der Waals surface area contributed by atoms with E-state index in [-0.39, 0.29) is 5.75 Å². The van der Waals surface area contributed by atoms with E-state index in [1.54, 1.807) is 11.3 Å². The topological polar surface area (TPSA) is 97.4 Å². The van der Waals surface area contributed by atoms with Crippen molar-refractivity contribution in [1.29, 1.82) is 0 Å². The molecule has 2 N–H and O–H groups in total. The highest BCUT2D eigenvalue weighted by Gasteiger charge is 2.15. The highest BCUT2D eigenvalue weighted by Crippen LogP contribution is 2.26. The standard InChI is InChI=1S/C15H16FN3O4S2/c16-25(21,22)23-11-7-5-10(6-8-11)18-15(20)17-9-14-19-12-3-1-2-4-13(12)24-14/h5-8H,1-4,9H2,(H2,17,18,20). The van der Waals surface area contributed by atoms with Crippen molar-refractivity contribution >= 4 is 33.6 Å². The number of benzene rings is 1. The van der Waals surface area contributed by atoms with Gasteiger partial charge in [0, 0.05) is 10.6 Å². The van der Waals surface area contributed by atoms with Gasteiger partial charge in [-0.2, -0.15) is 8.42 Å². The number of nitrogens with one attached hydrogen (secondary N) is 2. The number of hydrogen-bond acceptors (Lipinski definition) is 6. The summed E-state index contributed by atoms with van der Waals surface area (Å²) in [6.07, 6.45) is 4.41. The first-order valence-electron chi connectivity index (χ1n) is 7.65. The van der Waals surface area contributed by atoms with E-state index < -0.39 is 16.5 Å². The first-order chi connectivity index (χ1) is 11.9. The first kappa shape index (κ1) is 17.6. The Morgan fingerprint density at radius 1 is 1.24 bits per heavy atom. The average molecular weight is 385 g/mol. The molecule has 2 amide bonds. The second-order valence-corrected chi connectivity index (χ2v) is 7.61. The van der Waals surface area contributed by atoms with Gasteiger partial charge in [-0.3, -0.25) is 0 Å². The van der Waals surface area contributed by atoms with Crippen LogP contribution < -0.4 is 14.8 Å². The van der Waals surface area contributed by atoms with Gasteiger partial charge in [0.1, 0.15) is 10.8 Å². The summed E-state index contributed by atoms with van der Waals surface area (Å²) < 4.78 is 37.2. The maximum atomic E-state index is 12.4. The molecule has 1 aliphatic rings. The molecule has 3 rings (SSSR count). The Balaban J connectivity index is 1.51. The molecule has 0 aliphatic heterocycles. The number of halogens is 1. The van der Waals surface area contributed by atoms with Gasteiger partial charge in [0.15, 0.2) is 0 Å². The minimum atomic E-state index is -5.06. The largest absolute Gasteiger partial charge is 0.488 e. The van der Waals surface area contributed by atoms with Crippen molar-refractivity contribution in [3.8, 4) is 5.75 Å². The van der Waals surface area contributed by atoms with E-state index in [1.165, 1.54) is 35.6 Å². The highest BCUT2D eigenvalue weighted by atomic mass is 32.3. The molecule has 7 nitrogen and oxygen atoms in total. The lowest BCUT2D eigenvalue weighted by atomic mass is 10.0. The minimum Gasteiger partial charge on any atom is -0.358 e. The summed E-state index contributed by atoms with van der Waals surface area (Å²) >= 11 is 1.63. The number of rotatable bonds is 5. The van der Waals surface area contributed by atoms with Gasteiger partial charge < -0.3 is 14.8 Å². The molecule has 2 aromatic rings. The Morgan fingerprint density at radius 3 is 2.64 bits per heavy atom. The Kier molecular flexibility index (Phi) is 5.19. The third-order valence-corrected chi connectivity index (χ3v) is 5.15. The molecule has 1 heterocycles. The number of thiazole rings is 1. The van der Waals surface area contributed by atoms with E-state index in [4.69, 9.17) is 0 Å². The van der Waals surface area contributed by atoms with Gasteiger partial charge in [0.05, 0.1) is 12.2 Å². The molecule has 10 heteroatoms. The van der Waals surface area contributed by atoms with Gasteiger partial charge in [0.2, 0.25) is 0 Å². The summed E-state index contributed by atoms with van der Waals surface area (Å²) in [4.78, 5) is 17.8. The van der Waals surface area contributed by atoms with Gasteiger partial charge in [-0.15, -0.1) is 11.3 Å². The quantitative estimate of drug-likeness (QED) is 0.771. The van der Waals surface area contributed by atoms with Gasteiger partial charge >= 0.3 is 16.5 Å². The predicted octanol–water partition coefficient (Wildman–Crippen LogP) is 2.94. The van der Waals surface area contributed by atoms with Crippen molar-refractivity contribution < 1.29 is 21.3 Å². The van der Waals surface area contributed by atoms with Crippen LogP contribution in [-0.4, -0.2) is 19.4 Å². The monoisotopic (exact) mass is 385 g/mol. The van der Waals surface area contributed by atoms with Crippen LogP contribution in [0.5, 0.6) is 5.75 Å². The molecule has 0 saturated carbocycles. The molecule has 0 saturated heterocycles. The first-order valence-corrected chi connectivity index (χ1v) is 9.78. The van der Waals surface area contributed by atoms with Crippen LogP contribution in [0.15, 0.2) is 24.3 Å². The molecule has 0 fully saturated rings. The molecule has 1 aromatic heterocycles. The SMILES string of the molecule is O=C(NCc1nc2c(s1)CCCC2)Nc1ccc(OS(=O)(=O)F)cc1. The van der Waals surface area contributed by atoms with Gasteiger partial charge in [-0.05, 0) is 49.9 Å². The van der Waals surface area contributed by atoms with E-state index >= 15 is 0 Å². The molecule has 0 spiro atoms. The number of fused-ring (bicyclic) bond motifs is 1. The number of urea groups is 1. The number of carbonyl (C=O) groups is 1. The molecule has 0 bridgehead atoms. The van der Waals surface area contributed by atoms with Gasteiger partial charge in [-0.25, -0.2) is 9.78 Å². The molecule has 0 unspecified atom stereocenters. The average Bonchev–Trinajstić information content (AvgIpc) is 2.96. The zero-order chi connectivity index (χ0) is 17.9. The summed E-state index contributed by atoms with van der Waals surface area (Å²) in [6.45, 7) is 0.338. The van der Waals surface area contributed by atoms with E-state index in [2.05, 4.69) is 19.8 Å². The summed E-state index contributed by atoms with van der Waals surface area (Å²) in [5.41, 5.74) is 1.56. The Hall–Kier alpha value is -2.20. The Bertz CT molecular complexity index is 842. The fourth-order valence-electron chi connectivity index (χ4n) is 2.52. The van der Waals surface area contributed by atoms with Crippen molar-refractivity contribution in [1.82, 2.24) is 10.3 Å². The third-order valence-electron chi connectivity index (χ3n) is 3.60. The second-order valence-electron chi connectivity index (χ2n) is 5.49. The van der Waals surface area contributed by atoms with E-state index in [1.807, 2.05) is 0 Å². The number of anilines is 1. The van der Waals surface area contributed by atoms with Gasteiger partial charge in [-0.1, -0.05) is 3.89 Å². The summed E-state index contributed by atoms with van der Waals surface area (Å²) in [5, 5.41) is 6.19. The number of nitrogens with zero attached hydrogens (tertiary/aromatic N) is 1. The molecule has 0 atom stereocenters. The van der Waals surface area contributed by atoms with Crippen molar-refractivity contribution in [3.05, 3.63) is 39.8 Å². The number of aryl methyl sites for hydroxylation is 2. The Labute approximate surface area is 148 Å². The molecule has 0 radical (unpaired) electrons. The molecular formula is C15H16FN3O4S2. The summed E-state index contributed by atoms with van der Waals surface area (Å²) in [7, 11) is -5.06. The number of amides is 2. The number of hydrogen-bond donors (Lipinski definition) is 2.